The van der Waals surface area contributed by atoms with E-state index in [0.717, 1.165) is 5.56 Å². The van der Waals surface area contributed by atoms with E-state index in [1.54, 1.807) is 6.07 Å². The molecule has 0 unspecified atom stereocenters. The first-order valence-electron chi connectivity index (χ1n) is 5.05. The molecular weight excluding hydrogens is 206 g/mol. The molecule has 0 bridgehead atoms. The first kappa shape index (κ1) is 10.5. The molecule has 0 atom stereocenters. The molecule has 1 aromatic rings. The standard InChI is InChI=1S/C11H13N3O2/c1-7-2-3-8(6-9(7)12)14-5-4-10(15)13-11(14)16/h2-3,6H,4-5,12H2,1H3,(H,13,15,16). The molecular formula is C11H13N3O2. The van der Waals surface area contributed by atoms with Crippen molar-refractivity contribution in [3.05, 3.63) is 23.8 Å². The van der Waals surface area contributed by atoms with Crippen molar-refractivity contribution in [2.45, 2.75) is 13.3 Å². The van der Waals surface area contributed by atoms with Crippen molar-refractivity contribution in [3.8, 4) is 0 Å². The molecule has 0 aromatic heterocycles. The SMILES string of the molecule is Cc1ccc(N2CCC(=O)NC2=O)cc1N. The van der Waals surface area contributed by atoms with Crippen LogP contribution in [0.4, 0.5) is 16.2 Å². The van der Waals surface area contributed by atoms with Crippen LogP contribution in [-0.2, 0) is 4.79 Å². The zero-order chi connectivity index (χ0) is 11.7. The fourth-order valence-corrected chi connectivity index (χ4v) is 1.61. The van der Waals surface area contributed by atoms with Crippen LogP contribution < -0.4 is 16.0 Å². The Morgan fingerprint density at radius 3 is 2.75 bits per heavy atom. The molecule has 5 nitrogen and oxygen atoms in total. The van der Waals surface area contributed by atoms with Crippen molar-refractivity contribution in [3.63, 3.8) is 0 Å². The van der Waals surface area contributed by atoms with E-state index in [9.17, 15) is 9.59 Å². The largest absolute Gasteiger partial charge is 0.398 e. The minimum atomic E-state index is -0.389. The number of carbonyl (C=O) groups is 2. The van der Waals surface area contributed by atoms with Gasteiger partial charge in [-0.2, -0.15) is 0 Å². The molecule has 3 amide bonds. The summed E-state index contributed by atoms with van der Waals surface area (Å²) in [6.07, 6.45) is 0.319. The van der Waals surface area contributed by atoms with E-state index in [0.29, 0.717) is 24.3 Å². The summed E-state index contributed by atoms with van der Waals surface area (Å²) in [6, 6.07) is 5.03. The first-order valence-corrected chi connectivity index (χ1v) is 5.05. The number of nitrogen functional groups attached to an aromatic ring is 1. The second-order valence-electron chi connectivity index (χ2n) is 3.80. The zero-order valence-electron chi connectivity index (χ0n) is 8.99. The topological polar surface area (TPSA) is 75.4 Å². The summed E-state index contributed by atoms with van der Waals surface area (Å²) in [5.41, 5.74) is 8.10. The summed E-state index contributed by atoms with van der Waals surface area (Å²) < 4.78 is 0. The Labute approximate surface area is 93.2 Å². The fourth-order valence-electron chi connectivity index (χ4n) is 1.61. The molecule has 0 saturated carbocycles. The number of carbonyl (C=O) groups excluding carboxylic acids is 2. The fraction of sp³-hybridized carbons (Fsp3) is 0.273. The second-order valence-corrected chi connectivity index (χ2v) is 3.80. The number of hydrogen-bond acceptors (Lipinski definition) is 3. The summed E-state index contributed by atoms with van der Waals surface area (Å²) in [4.78, 5) is 24.1. The Kier molecular flexibility index (Phi) is 2.52. The van der Waals surface area contributed by atoms with Gasteiger partial charge < -0.3 is 5.73 Å². The summed E-state index contributed by atoms with van der Waals surface area (Å²) in [5.74, 6) is -0.235. The van der Waals surface area contributed by atoms with Gasteiger partial charge >= 0.3 is 6.03 Å². The molecule has 16 heavy (non-hydrogen) atoms. The van der Waals surface area contributed by atoms with Crippen LogP contribution in [0.25, 0.3) is 0 Å². The van der Waals surface area contributed by atoms with Gasteiger partial charge in [-0.3, -0.25) is 15.0 Å². The number of nitrogens with zero attached hydrogens (tertiary/aromatic N) is 1. The van der Waals surface area contributed by atoms with E-state index in [-0.39, 0.29) is 11.9 Å². The molecule has 1 fully saturated rings. The minimum absolute atomic E-state index is 0.235. The van der Waals surface area contributed by atoms with Crippen LogP contribution >= 0.6 is 0 Å². The molecule has 1 aromatic carbocycles. The Bertz CT molecular complexity index is 457. The maximum Gasteiger partial charge on any atom is 0.328 e. The lowest BCUT2D eigenvalue weighted by atomic mass is 10.1. The molecule has 3 N–H and O–H groups in total. The molecule has 1 saturated heterocycles. The van der Waals surface area contributed by atoms with Crippen LogP contribution in [0.15, 0.2) is 18.2 Å². The van der Waals surface area contributed by atoms with Crippen LogP contribution in [0, 0.1) is 6.92 Å². The summed E-state index contributed by atoms with van der Waals surface area (Å²) in [5, 5.41) is 2.27. The molecule has 0 radical (unpaired) electrons. The highest BCUT2D eigenvalue weighted by Gasteiger charge is 2.24. The van der Waals surface area contributed by atoms with Gasteiger partial charge in [0, 0.05) is 24.3 Å². The number of rotatable bonds is 1. The number of urea groups is 1. The van der Waals surface area contributed by atoms with Gasteiger partial charge in [0.25, 0.3) is 0 Å². The van der Waals surface area contributed by atoms with Crippen molar-refractivity contribution in [2.24, 2.45) is 0 Å². The van der Waals surface area contributed by atoms with Gasteiger partial charge in [-0.1, -0.05) is 6.07 Å². The van der Waals surface area contributed by atoms with E-state index >= 15 is 0 Å². The number of amides is 3. The smallest absolute Gasteiger partial charge is 0.328 e. The van der Waals surface area contributed by atoms with E-state index in [4.69, 9.17) is 5.73 Å². The minimum Gasteiger partial charge on any atom is -0.398 e. The number of benzene rings is 1. The lowest BCUT2D eigenvalue weighted by molar-refractivity contribution is -0.120. The lowest BCUT2D eigenvalue weighted by Gasteiger charge is -2.26. The Balaban J connectivity index is 2.27. The highest BCUT2D eigenvalue weighted by molar-refractivity contribution is 6.05. The van der Waals surface area contributed by atoms with E-state index < -0.39 is 0 Å². The molecule has 1 aliphatic rings. The van der Waals surface area contributed by atoms with Crippen molar-refractivity contribution >= 4 is 23.3 Å². The van der Waals surface area contributed by atoms with Gasteiger partial charge in [0.15, 0.2) is 0 Å². The third-order valence-electron chi connectivity index (χ3n) is 2.63. The van der Waals surface area contributed by atoms with Crippen LogP contribution in [0.1, 0.15) is 12.0 Å². The summed E-state index contributed by atoms with van der Waals surface area (Å²) >= 11 is 0. The number of nitrogens with two attached hydrogens (primary N) is 1. The Morgan fingerprint density at radius 1 is 1.38 bits per heavy atom. The maximum atomic E-state index is 11.6. The average Bonchev–Trinajstić information content (AvgIpc) is 2.22. The van der Waals surface area contributed by atoms with Gasteiger partial charge in [0.2, 0.25) is 5.91 Å². The first-order chi connectivity index (χ1) is 7.58. The third-order valence-corrected chi connectivity index (χ3v) is 2.63. The number of aryl methyl sites for hydroxylation is 1. The Hall–Kier alpha value is -2.04. The molecule has 1 heterocycles. The van der Waals surface area contributed by atoms with Crippen LogP contribution in [0.2, 0.25) is 0 Å². The molecule has 84 valence electrons. The van der Waals surface area contributed by atoms with Crippen molar-refractivity contribution in [1.82, 2.24) is 5.32 Å². The summed E-state index contributed by atoms with van der Waals surface area (Å²) in [7, 11) is 0. The van der Waals surface area contributed by atoms with Crippen LogP contribution in [0.5, 0.6) is 0 Å². The molecule has 1 aliphatic heterocycles. The second kappa shape index (κ2) is 3.84. The highest BCUT2D eigenvalue weighted by Crippen LogP contribution is 2.22. The quantitative estimate of drug-likeness (QED) is 0.692. The van der Waals surface area contributed by atoms with Crippen LogP contribution in [-0.4, -0.2) is 18.5 Å². The number of imide groups is 1. The number of nitrogens with one attached hydrogen (secondary N) is 1. The van der Waals surface area contributed by atoms with Crippen molar-refractivity contribution < 1.29 is 9.59 Å². The van der Waals surface area contributed by atoms with Gasteiger partial charge in [-0.25, -0.2) is 4.79 Å². The number of anilines is 2. The molecule has 0 aliphatic carbocycles. The Morgan fingerprint density at radius 2 is 2.12 bits per heavy atom. The van der Waals surface area contributed by atoms with E-state index in [1.807, 2.05) is 19.1 Å². The third kappa shape index (κ3) is 1.84. The summed E-state index contributed by atoms with van der Waals surface area (Å²) in [6.45, 7) is 2.30. The molecule has 0 spiro atoms. The highest BCUT2D eigenvalue weighted by atomic mass is 16.2. The maximum absolute atomic E-state index is 11.6. The zero-order valence-corrected chi connectivity index (χ0v) is 8.99. The normalized spacial score (nSPS) is 16.2. The lowest BCUT2D eigenvalue weighted by Crippen LogP contribution is -2.49. The monoisotopic (exact) mass is 219 g/mol. The van der Waals surface area contributed by atoms with Crippen LogP contribution in [0.3, 0.4) is 0 Å². The average molecular weight is 219 g/mol. The predicted molar refractivity (Wildman–Crippen MR) is 61.1 cm³/mol. The van der Waals surface area contributed by atoms with Gasteiger partial charge in [0.05, 0.1) is 0 Å². The molecule has 5 heteroatoms. The van der Waals surface area contributed by atoms with E-state index in [1.165, 1.54) is 4.90 Å². The predicted octanol–water partition coefficient (Wildman–Crippen LogP) is 1.02. The van der Waals surface area contributed by atoms with Crippen molar-refractivity contribution in [2.75, 3.05) is 17.2 Å². The number of hydrogen-bond donors (Lipinski definition) is 2. The van der Waals surface area contributed by atoms with Gasteiger partial charge in [-0.15, -0.1) is 0 Å². The van der Waals surface area contributed by atoms with Gasteiger partial charge in [0.1, 0.15) is 0 Å². The molecule has 2 rings (SSSR count). The van der Waals surface area contributed by atoms with E-state index in [2.05, 4.69) is 5.32 Å². The van der Waals surface area contributed by atoms with Gasteiger partial charge in [-0.05, 0) is 24.6 Å². The van der Waals surface area contributed by atoms with Crippen molar-refractivity contribution in [1.29, 1.82) is 0 Å².